The van der Waals surface area contributed by atoms with E-state index in [1.54, 1.807) is 12.1 Å². The Morgan fingerprint density at radius 2 is 2.25 bits per heavy atom. The summed E-state index contributed by atoms with van der Waals surface area (Å²) in [6.45, 7) is -0.118. The number of benzene rings is 1. The summed E-state index contributed by atoms with van der Waals surface area (Å²) in [5, 5.41) is 22.9. The van der Waals surface area contributed by atoms with Crippen LogP contribution in [0.4, 0.5) is 15.8 Å². The Balaban J connectivity index is 2.29. The molecule has 106 valence electrons. The summed E-state index contributed by atoms with van der Waals surface area (Å²) >= 11 is 0. The molecule has 2 aromatic rings. The number of aliphatic hydroxyl groups excluding tert-OH is 1. The molecule has 0 fully saturated rings. The minimum atomic E-state index is -0.682. The molecule has 0 aliphatic rings. The number of rotatable bonds is 6. The number of halogens is 1. The molecule has 1 aromatic heterocycles. The lowest BCUT2D eigenvalue weighted by Gasteiger charge is -2.16. The summed E-state index contributed by atoms with van der Waals surface area (Å²) in [5.74, 6) is -0.142. The molecular formula is C13H13FN2O4. The molecular weight excluding hydrogens is 267 g/mol. The Morgan fingerprint density at radius 1 is 1.45 bits per heavy atom. The molecule has 0 saturated heterocycles. The normalized spacial score (nSPS) is 12.1. The molecule has 1 aromatic carbocycles. The Hall–Kier alpha value is -2.41. The number of anilines is 1. The van der Waals surface area contributed by atoms with E-state index >= 15 is 0 Å². The van der Waals surface area contributed by atoms with Gasteiger partial charge in [0.05, 0.1) is 23.3 Å². The smallest absolute Gasteiger partial charge is 0.295 e. The number of nitrogens with one attached hydrogen (secondary N) is 1. The van der Waals surface area contributed by atoms with Crippen LogP contribution >= 0.6 is 0 Å². The first kappa shape index (κ1) is 14.0. The van der Waals surface area contributed by atoms with Crippen LogP contribution in [0.25, 0.3) is 0 Å². The second kappa shape index (κ2) is 6.16. The van der Waals surface area contributed by atoms with Gasteiger partial charge in [-0.15, -0.1) is 0 Å². The van der Waals surface area contributed by atoms with E-state index in [0.29, 0.717) is 12.2 Å². The fourth-order valence-electron chi connectivity index (χ4n) is 1.87. The predicted octanol–water partition coefficient (Wildman–Crippen LogP) is 2.86. The van der Waals surface area contributed by atoms with Crippen molar-refractivity contribution in [2.24, 2.45) is 0 Å². The first-order chi connectivity index (χ1) is 9.61. The monoisotopic (exact) mass is 280 g/mol. The van der Waals surface area contributed by atoms with E-state index in [-0.39, 0.29) is 18.0 Å². The SMILES string of the molecule is O=[N+]([O-])c1cc(F)ccc1NC(CCO)c1ccco1. The lowest BCUT2D eigenvalue weighted by molar-refractivity contribution is -0.384. The molecule has 2 rings (SSSR count). The molecule has 1 unspecified atom stereocenters. The zero-order valence-corrected chi connectivity index (χ0v) is 10.5. The van der Waals surface area contributed by atoms with E-state index in [1.807, 2.05) is 0 Å². The van der Waals surface area contributed by atoms with Crippen LogP contribution in [0.5, 0.6) is 0 Å². The quantitative estimate of drug-likeness (QED) is 0.627. The van der Waals surface area contributed by atoms with E-state index in [0.717, 1.165) is 12.1 Å². The van der Waals surface area contributed by atoms with Crippen LogP contribution in [0, 0.1) is 15.9 Å². The maximum absolute atomic E-state index is 13.1. The second-order valence-corrected chi connectivity index (χ2v) is 4.14. The topological polar surface area (TPSA) is 88.5 Å². The third-order valence-corrected chi connectivity index (χ3v) is 2.79. The lowest BCUT2D eigenvalue weighted by atomic mass is 10.1. The zero-order valence-electron chi connectivity index (χ0n) is 10.5. The van der Waals surface area contributed by atoms with Gasteiger partial charge >= 0.3 is 0 Å². The van der Waals surface area contributed by atoms with Crippen LogP contribution < -0.4 is 5.32 Å². The summed E-state index contributed by atoms with van der Waals surface area (Å²) in [5.41, 5.74) is -0.189. The van der Waals surface area contributed by atoms with E-state index in [1.165, 1.54) is 12.3 Å². The molecule has 0 aliphatic heterocycles. The van der Waals surface area contributed by atoms with E-state index in [9.17, 15) is 14.5 Å². The van der Waals surface area contributed by atoms with Gasteiger partial charge in [0.1, 0.15) is 17.3 Å². The van der Waals surface area contributed by atoms with Crippen LogP contribution in [0.1, 0.15) is 18.2 Å². The minimum Gasteiger partial charge on any atom is -0.467 e. The Bertz CT molecular complexity index is 586. The van der Waals surface area contributed by atoms with E-state index in [2.05, 4.69) is 5.32 Å². The largest absolute Gasteiger partial charge is 0.467 e. The molecule has 0 aliphatic carbocycles. The predicted molar refractivity (Wildman–Crippen MR) is 69.8 cm³/mol. The van der Waals surface area contributed by atoms with Gasteiger partial charge in [0.15, 0.2) is 0 Å². The van der Waals surface area contributed by atoms with E-state index < -0.39 is 16.8 Å². The van der Waals surface area contributed by atoms with Gasteiger partial charge in [0.25, 0.3) is 5.69 Å². The number of aliphatic hydroxyl groups is 1. The molecule has 6 nitrogen and oxygen atoms in total. The highest BCUT2D eigenvalue weighted by molar-refractivity contribution is 5.62. The van der Waals surface area contributed by atoms with Crippen molar-refractivity contribution in [3.05, 3.63) is 58.3 Å². The first-order valence-electron chi connectivity index (χ1n) is 5.96. The van der Waals surface area contributed by atoms with Gasteiger partial charge in [-0.2, -0.15) is 0 Å². The molecule has 0 spiro atoms. The Kier molecular flexibility index (Phi) is 4.31. The number of nitrogens with zero attached hydrogens (tertiary/aromatic N) is 1. The van der Waals surface area contributed by atoms with Gasteiger partial charge in [0, 0.05) is 6.61 Å². The molecule has 0 bridgehead atoms. The van der Waals surface area contributed by atoms with Crippen LogP contribution in [0.2, 0.25) is 0 Å². The molecule has 1 heterocycles. The summed E-state index contributed by atoms with van der Waals surface area (Å²) in [6, 6.07) is 6.22. The van der Waals surface area contributed by atoms with Crippen LogP contribution in [0.15, 0.2) is 41.0 Å². The average Bonchev–Trinajstić information content (AvgIpc) is 2.93. The molecule has 2 N–H and O–H groups in total. The van der Waals surface area contributed by atoms with Gasteiger partial charge in [0.2, 0.25) is 0 Å². The zero-order chi connectivity index (χ0) is 14.5. The Labute approximate surface area is 114 Å². The van der Waals surface area contributed by atoms with Gasteiger partial charge in [-0.25, -0.2) is 4.39 Å². The van der Waals surface area contributed by atoms with Gasteiger partial charge < -0.3 is 14.8 Å². The number of hydrogen-bond donors (Lipinski definition) is 2. The highest BCUT2D eigenvalue weighted by Gasteiger charge is 2.20. The van der Waals surface area contributed by atoms with Gasteiger partial charge in [-0.05, 0) is 30.7 Å². The highest BCUT2D eigenvalue weighted by Crippen LogP contribution is 2.30. The van der Waals surface area contributed by atoms with Crippen LogP contribution in [-0.4, -0.2) is 16.6 Å². The number of hydrogen-bond acceptors (Lipinski definition) is 5. The third kappa shape index (κ3) is 3.12. The molecule has 1 atom stereocenters. The van der Waals surface area contributed by atoms with Crippen molar-refractivity contribution in [2.75, 3.05) is 11.9 Å². The maximum Gasteiger partial charge on any atom is 0.295 e. The third-order valence-electron chi connectivity index (χ3n) is 2.79. The Morgan fingerprint density at radius 3 is 2.85 bits per heavy atom. The van der Waals surface area contributed by atoms with Crippen molar-refractivity contribution in [1.82, 2.24) is 0 Å². The molecule has 0 saturated carbocycles. The second-order valence-electron chi connectivity index (χ2n) is 4.14. The van der Waals surface area contributed by atoms with Crippen molar-refractivity contribution in [3.63, 3.8) is 0 Å². The summed E-state index contributed by atoms with van der Waals surface area (Å²) in [7, 11) is 0. The molecule has 7 heteroatoms. The average molecular weight is 280 g/mol. The van der Waals surface area contributed by atoms with Crippen molar-refractivity contribution in [1.29, 1.82) is 0 Å². The molecule has 0 radical (unpaired) electrons. The van der Waals surface area contributed by atoms with Crippen molar-refractivity contribution >= 4 is 11.4 Å². The number of nitro groups is 1. The van der Waals surface area contributed by atoms with Gasteiger partial charge in [-0.3, -0.25) is 10.1 Å². The van der Waals surface area contributed by atoms with Crippen molar-refractivity contribution < 1.29 is 18.8 Å². The van der Waals surface area contributed by atoms with Crippen LogP contribution in [-0.2, 0) is 0 Å². The first-order valence-corrected chi connectivity index (χ1v) is 5.96. The maximum atomic E-state index is 13.1. The van der Waals surface area contributed by atoms with Gasteiger partial charge in [-0.1, -0.05) is 0 Å². The minimum absolute atomic E-state index is 0.118. The van der Waals surface area contributed by atoms with E-state index in [4.69, 9.17) is 9.52 Å². The fourth-order valence-corrected chi connectivity index (χ4v) is 1.87. The number of furan rings is 1. The van der Waals surface area contributed by atoms with Crippen LogP contribution in [0.3, 0.4) is 0 Å². The summed E-state index contributed by atoms with van der Waals surface area (Å²) in [4.78, 5) is 10.3. The lowest BCUT2D eigenvalue weighted by Crippen LogP contribution is -2.13. The number of nitro benzene ring substituents is 1. The van der Waals surface area contributed by atoms with Crippen molar-refractivity contribution in [2.45, 2.75) is 12.5 Å². The fraction of sp³-hybridized carbons (Fsp3) is 0.231. The molecule has 20 heavy (non-hydrogen) atoms. The molecule has 0 amide bonds. The van der Waals surface area contributed by atoms with Crippen molar-refractivity contribution in [3.8, 4) is 0 Å². The standard InChI is InChI=1S/C13H13FN2O4/c14-9-3-4-10(12(8-9)16(18)19)15-11(5-6-17)13-2-1-7-20-13/h1-4,7-8,11,15,17H,5-6H2. The highest BCUT2D eigenvalue weighted by atomic mass is 19.1. The summed E-state index contributed by atoms with van der Waals surface area (Å²) < 4.78 is 18.3. The summed E-state index contributed by atoms with van der Waals surface area (Å²) in [6.07, 6.45) is 1.78.